The van der Waals surface area contributed by atoms with E-state index in [1.807, 2.05) is 91.0 Å². The number of nitrogens with zero attached hydrogens (tertiary/aromatic N) is 11. The summed E-state index contributed by atoms with van der Waals surface area (Å²) in [6, 6.07) is 45.1. The number of aliphatic carboxylic acids is 4. The smallest absolute Gasteiger partial charge is 0.327 e. The molecule has 43 heteroatoms. The van der Waals surface area contributed by atoms with Gasteiger partial charge in [0.15, 0.2) is 0 Å². The van der Waals surface area contributed by atoms with Crippen LogP contribution in [-0.4, -0.2) is 262 Å². The zero-order valence-electron chi connectivity index (χ0n) is 75.7. The van der Waals surface area contributed by atoms with Gasteiger partial charge in [0.25, 0.3) is 0 Å². The van der Waals surface area contributed by atoms with Crippen LogP contribution in [0, 0.1) is 35.0 Å². The number of methoxy groups -OCH3 is 5. The number of aromatic nitrogens is 6. The van der Waals surface area contributed by atoms with Crippen molar-refractivity contribution >= 4 is 102 Å². The molecule has 0 aliphatic carbocycles. The maximum Gasteiger partial charge on any atom is 0.327 e. The van der Waals surface area contributed by atoms with Gasteiger partial charge in [-0.25, -0.2) is 29.9 Å². The van der Waals surface area contributed by atoms with Crippen LogP contribution in [-0.2, 0) is 121 Å². The third kappa shape index (κ3) is 47.2. The molecule has 0 aliphatic rings. The largest absolute Gasteiger partial charge is 0.779 e. The van der Waals surface area contributed by atoms with E-state index in [4.69, 9.17) is 67.9 Å². The minimum absolute atomic E-state index is 0. The van der Waals surface area contributed by atoms with E-state index in [1.165, 1.54) is 49.3 Å². The first kappa shape index (κ1) is 117. The number of hydrogen-bond acceptors (Lipinski definition) is 38. The Morgan fingerprint density at radius 2 is 0.672 bits per heavy atom. The second kappa shape index (κ2) is 64.3. The first-order chi connectivity index (χ1) is 63.2. The number of carboxylic acids is 4. The Morgan fingerprint density at radius 3 is 0.948 bits per heavy atom. The number of nitrogens with one attached hydrogen (secondary N) is 1. The lowest BCUT2D eigenvalue weighted by Gasteiger charge is -2.23. The van der Waals surface area contributed by atoms with Gasteiger partial charge in [0.1, 0.15) is 7.60 Å². The molecule has 0 spiro atoms. The van der Waals surface area contributed by atoms with Crippen LogP contribution < -0.4 is 30.6 Å². The Morgan fingerprint density at radius 1 is 0.381 bits per heavy atom. The topological polar surface area (TPSA) is 561 Å². The lowest BCUT2D eigenvalue weighted by atomic mass is 10.0. The van der Waals surface area contributed by atoms with Crippen LogP contribution in [0.4, 0.5) is 0 Å². The van der Waals surface area contributed by atoms with E-state index in [2.05, 4.69) is 43.7 Å². The SMILES string of the molecule is CNC(=O)CCC(=O)OC.CO.CO.COC(=O)CN(CC(=O)OC)Cc1cccc(-c2cc(-c3ccc(C#CCCCCOP(C)(=O)OCCC#N)cc3)cc(-c3cccc(CN(CC(=O)OC)CC(=O)OC)n3)n2)n1.CP(=O)([O-])OCCCCC#Cc1ccc(-c2cc(-c3cccc(CN(CC(=O)[O-])CC(=O)[O-])n3)nc(-c3cccc(CN(CC(=O)[O-])CC(=O)[O-])n3)c2)cc1.S.S. The number of carbonyl (C=O) groups is 10. The lowest BCUT2D eigenvalue weighted by molar-refractivity contribution is -0.313. The number of aliphatic hydroxyl groups is 2. The van der Waals surface area contributed by atoms with Crippen LogP contribution in [0.3, 0.4) is 0 Å². The summed E-state index contributed by atoms with van der Waals surface area (Å²) in [4.78, 5) is 160. The highest BCUT2D eigenvalue weighted by Crippen LogP contribution is 2.44. The fraction of sp³-hybridized carbons (Fsp3) is 0.374. The highest BCUT2D eigenvalue weighted by Gasteiger charge is 2.23. The zero-order valence-corrected chi connectivity index (χ0v) is 79.5. The van der Waals surface area contributed by atoms with Crippen LogP contribution in [0.5, 0.6) is 0 Å². The quantitative estimate of drug-likeness (QED) is 0.0162. The molecular formula is C91H109N12O27P2S2-5. The fourth-order valence-corrected chi connectivity index (χ4v) is 13.1. The summed E-state index contributed by atoms with van der Waals surface area (Å²) < 4.78 is 62.4. The van der Waals surface area contributed by atoms with Crippen LogP contribution in [0.25, 0.3) is 67.8 Å². The molecule has 0 fully saturated rings. The molecule has 6 heterocycles. The fourth-order valence-electron chi connectivity index (χ4n) is 11.7. The maximum atomic E-state index is 12.3. The molecule has 722 valence electrons. The summed E-state index contributed by atoms with van der Waals surface area (Å²) in [7, 11) is 2.97. The molecule has 39 nitrogen and oxygen atoms in total. The lowest BCUT2D eigenvalue weighted by Crippen LogP contribution is -2.43. The second-order valence-corrected chi connectivity index (χ2v) is 31.9. The zero-order chi connectivity index (χ0) is 97.6. The molecule has 6 aromatic heterocycles. The van der Waals surface area contributed by atoms with Gasteiger partial charge in [0.05, 0.1) is 193 Å². The summed E-state index contributed by atoms with van der Waals surface area (Å²) in [6.07, 6.45) is 4.23. The minimum atomic E-state index is -3.75. The van der Waals surface area contributed by atoms with Gasteiger partial charge < -0.3 is 102 Å². The Hall–Kier alpha value is -12.6. The van der Waals surface area contributed by atoms with Gasteiger partial charge in [-0.1, -0.05) is 72.2 Å². The monoisotopic (exact) mass is 1930 g/mol. The van der Waals surface area contributed by atoms with Crippen LogP contribution in [0.2, 0.25) is 0 Å². The number of esters is 5. The van der Waals surface area contributed by atoms with Crippen molar-refractivity contribution in [3.8, 4) is 97.6 Å². The number of benzene rings is 2. The van der Waals surface area contributed by atoms with Gasteiger partial charge in [0, 0.05) is 117 Å². The van der Waals surface area contributed by atoms with Crippen molar-refractivity contribution < 1.29 is 130 Å². The van der Waals surface area contributed by atoms with Crippen molar-refractivity contribution in [2.45, 2.75) is 84.0 Å². The van der Waals surface area contributed by atoms with E-state index >= 15 is 0 Å². The molecule has 0 radical (unpaired) electrons. The Bertz CT molecular complexity index is 5130. The van der Waals surface area contributed by atoms with Crippen molar-refractivity contribution in [3.63, 3.8) is 0 Å². The molecule has 8 aromatic rings. The third-order valence-electron chi connectivity index (χ3n) is 17.8. The van der Waals surface area contributed by atoms with Gasteiger partial charge in [-0.2, -0.15) is 32.3 Å². The number of pyridine rings is 6. The Balaban J connectivity index is 0.000000788. The van der Waals surface area contributed by atoms with Crippen molar-refractivity contribution in [2.75, 3.05) is 142 Å². The maximum absolute atomic E-state index is 12.3. The first-order valence-electron chi connectivity index (χ1n) is 40.6. The predicted molar refractivity (Wildman–Crippen MR) is 490 cm³/mol. The highest BCUT2D eigenvalue weighted by atomic mass is 32.1. The summed E-state index contributed by atoms with van der Waals surface area (Å²) in [5.74, 6) is 4.05. The normalized spacial score (nSPS) is 11.3. The van der Waals surface area contributed by atoms with Crippen LogP contribution in [0.15, 0.2) is 146 Å². The number of nitriles is 1. The van der Waals surface area contributed by atoms with Crippen molar-refractivity contribution in [3.05, 3.63) is 179 Å². The number of carbonyl (C=O) groups excluding carboxylic acids is 10. The average molecular weight is 1930 g/mol. The molecule has 0 saturated carbocycles. The van der Waals surface area contributed by atoms with E-state index in [9.17, 15) is 82.4 Å². The van der Waals surface area contributed by atoms with Gasteiger partial charge in [0.2, 0.25) is 5.91 Å². The Kier molecular flexibility index (Phi) is 56.4. The van der Waals surface area contributed by atoms with Gasteiger partial charge in [-0.3, -0.25) is 52.9 Å². The molecule has 1 amide bonds. The number of ether oxygens (including phenoxy) is 5. The van der Waals surface area contributed by atoms with E-state index in [0.717, 1.165) is 64.9 Å². The number of rotatable bonds is 46. The second-order valence-electron chi connectivity index (χ2n) is 28.1. The number of carboxylic acid groups (broad SMARTS) is 4. The standard InChI is InChI=1S/C45H51N6O11P.C38H40N5O11P.C6H11NO3.2CH4O.2H2S/c1-57-42(52)29-50(30-43(53)58-2)27-36-14-10-16-38(47-36)40-25-35(34-20-18-33(19-21-34)13-8-6-7-9-23-61-63(5,56)62-24-12-22-46)26-41(49-40)39-17-11-15-37(48-39)28-51(31-44(54)59-3)32-45(55)60-4;1-55(52,53)54-17-5-3-2-4-8-26-13-15-27(16-14-26)28-18-33(31-11-6-9-29(39-31)20-42(22-35(44)45)23-36(46)47)41-34(19-28)32-12-7-10-30(40-32)21-43(24-37(48)49)25-38(50)51;1-7-5(8)3-4-6(9)10-2;2*1-2;;/h10-11,14-21,25-26H,6-7,9,12,23-24,27-32H2,1-5H3;6-7,9-16,18-19H,2-3,5,17,20-25H2,1H3,(H,44,45)(H,46,47)(H,48,49)(H,50,51)(H,52,53);3-4H2,1-2H3,(H,7,8);2*2H,1H3;2*1H2/p-5. The molecule has 2 unspecified atom stereocenters. The minimum Gasteiger partial charge on any atom is -0.779 e. The van der Waals surface area contributed by atoms with E-state index in [-0.39, 0.29) is 130 Å². The number of aliphatic hydroxyl groups excluding tert-OH is 2. The average Bonchev–Trinajstić information content (AvgIpc) is 0.798. The van der Waals surface area contributed by atoms with Crippen LogP contribution in [0.1, 0.15) is 91.7 Å². The summed E-state index contributed by atoms with van der Waals surface area (Å²) in [5.41, 5.74) is 10.1. The summed E-state index contributed by atoms with van der Waals surface area (Å²) in [5, 5.41) is 70.0. The molecular weight excluding hydrogens is 1820 g/mol. The molecule has 0 saturated heterocycles. The van der Waals surface area contributed by atoms with E-state index < -0.39 is 89.1 Å². The molecule has 8 rings (SSSR count). The first-order valence-corrected chi connectivity index (χ1v) is 44.5. The van der Waals surface area contributed by atoms with Gasteiger partial charge in [-0.15, -0.1) is 0 Å². The van der Waals surface area contributed by atoms with E-state index in [0.29, 0.717) is 106 Å². The number of unbranched alkanes of at least 4 members (excludes halogenated alkanes) is 4. The van der Waals surface area contributed by atoms with Crippen LogP contribution >= 0.6 is 42.2 Å². The molecule has 2 aromatic carbocycles. The van der Waals surface area contributed by atoms with E-state index in [1.54, 1.807) is 70.5 Å². The molecule has 0 aliphatic heterocycles. The Labute approximate surface area is 790 Å². The summed E-state index contributed by atoms with van der Waals surface area (Å²) in [6.45, 7) is -0.438. The summed E-state index contributed by atoms with van der Waals surface area (Å²) >= 11 is 0. The molecule has 0 bridgehead atoms. The number of amides is 1. The third-order valence-corrected chi connectivity index (χ3v) is 19.7. The van der Waals surface area contributed by atoms with Crippen molar-refractivity contribution in [1.29, 1.82) is 5.26 Å². The molecule has 2 atom stereocenters. The van der Waals surface area contributed by atoms with Crippen molar-refractivity contribution in [2.24, 2.45) is 0 Å². The molecule has 134 heavy (non-hydrogen) atoms. The predicted octanol–water partition coefficient (Wildman–Crippen LogP) is 2.79. The number of hydrogen-bond donors (Lipinski definition) is 3. The van der Waals surface area contributed by atoms with Gasteiger partial charge in [-0.05, 0) is 145 Å². The molecule has 3 N–H and O–H groups in total. The van der Waals surface area contributed by atoms with Crippen molar-refractivity contribution in [1.82, 2.24) is 54.8 Å². The van der Waals surface area contributed by atoms with Gasteiger partial charge >= 0.3 is 37.4 Å². The highest BCUT2D eigenvalue weighted by molar-refractivity contribution is 7.59.